The number of hydrogen-bond acceptors (Lipinski definition) is 3. The van der Waals surface area contributed by atoms with Gasteiger partial charge in [0, 0.05) is 24.9 Å². The Kier molecular flexibility index (Phi) is 5.49. The first kappa shape index (κ1) is 21.4. The maximum Gasteiger partial charge on any atom is 0.273 e. The summed E-state index contributed by atoms with van der Waals surface area (Å²) in [5.74, 6) is 0.654. The first-order valence-corrected chi connectivity index (χ1v) is 11.5. The van der Waals surface area contributed by atoms with E-state index in [2.05, 4.69) is 25.6 Å². The number of carbonyl (C=O) groups excluding carboxylic acids is 1. The van der Waals surface area contributed by atoms with E-state index < -0.39 is 0 Å². The summed E-state index contributed by atoms with van der Waals surface area (Å²) < 4.78 is 14.3. The highest BCUT2D eigenvalue weighted by Gasteiger charge is 2.35. The van der Waals surface area contributed by atoms with Crippen LogP contribution in [0.2, 0.25) is 0 Å². The molecule has 33 heavy (non-hydrogen) atoms. The fourth-order valence-electron chi connectivity index (χ4n) is 4.76. The number of aliphatic imine (C=N–C) groups is 1. The zero-order valence-electron chi connectivity index (χ0n) is 19.1. The molecule has 0 bridgehead atoms. The van der Waals surface area contributed by atoms with E-state index in [1.54, 1.807) is 24.3 Å². The topological polar surface area (TPSA) is 35.9 Å². The number of allylic oxidation sites excluding steroid dienone is 3. The molecule has 2 heterocycles. The predicted octanol–water partition coefficient (Wildman–Crippen LogP) is 5.51. The molecule has 0 saturated heterocycles. The van der Waals surface area contributed by atoms with Crippen LogP contribution in [0.3, 0.4) is 0 Å². The van der Waals surface area contributed by atoms with Gasteiger partial charge in [0.2, 0.25) is 0 Å². The first-order valence-electron chi connectivity index (χ1n) is 11.5. The van der Waals surface area contributed by atoms with Crippen LogP contribution in [0, 0.1) is 11.7 Å². The van der Waals surface area contributed by atoms with Gasteiger partial charge in [-0.3, -0.25) is 4.79 Å². The van der Waals surface area contributed by atoms with Gasteiger partial charge in [-0.1, -0.05) is 49.0 Å². The molecular weight excluding hydrogens is 413 g/mol. The number of hydrogen-bond donors (Lipinski definition) is 0. The summed E-state index contributed by atoms with van der Waals surface area (Å²) in [7, 11) is 1.95. The van der Waals surface area contributed by atoms with Crippen LogP contribution in [-0.2, 0) is 11.2 Å². The van der Waals surface area contributed by atoms with E-state index in [-0.39, 0.29) is 17.8 Å². The van der Waals surface area contributed by atoms with Crippen LogP contribution < -0.4 is 0 Å². The molecular formula is C28H28FN3O. The van der Waals surface area contributed by atoms with Crippen molar-refractivity contribution in [1.29, 1.82) is 0 Å². The van der Waals surface area contributed by atoms with Crippen molar-refractivity contribution < 1.29 is 9.18 Å². The molecule has 3 aliphatic rings. The Morgan fingerprint density at radius 3 is 2.64 bits per heavy atom. The van der Waals surface area contributed by atoms with Crippen molar-refractivity contribution in [2.24, 2.45) is 10.9 Å². The molecule has 1 amide bonds. The van der Waals surface area contributed by atoms with Crippen molar-refractivity contribution in [3.63, 3.8) is 0 Å². The first-order chi connectivity index (χ1) is 15.9. The zero-order valence-corrected chi connectivity index (χ0v) is 19.1. The SMILES string of the molecule is C=C(/C=C1/N=C(C(=O)N2CCc3ccccc3C2C)C=C(C2CC2)N1C)c1ccccc1F. The van der Waals surface area contributed by atoms with Crippen LogP contribution in [0.15, 0.2) is 83.8 Å². The smallest absolute Gasteiger partial charge is 0.273 e. The lowest BCUT2D eigenvalue weighted by molar-refractivity contribution is -0.126. The molecule has 2 aliphatic heterocycles. The second kappa shape index (κ2) is 8.47. The molecule has 0 aromatic heterocycles. The monoisotopic (exact) mass is 441 g/mol. The van der Waals surface area contributed by atoms with Gasteiger partial charge in [-0.2, -0.15) is 0 Å². The summed E-state index contributed by atoms with van der Waals surface area (Å²) in [5.41, 5.74) is 4.99. The molecule has 2 aromatic rings. The molecule has 1 fully saturated rings. The molecule has 1 unspecified atom stereocenters. The minimum atomic E-state index is -0.322. The van der Waals surface area contributed by atoms with Crippen molar-refractivity contribution in [3.8, 4) is 0 Å². The highest BCUT2D eigenvalue weighted by Crippen LogP contribution is 2.41. The van der Waals surface area contributed by atoms with Gasteiger partial charge in [-0.05, 0) is 67.0 Å². The fourth-order valence-corrected chi connectivity index (χ4v) is 4.76. The second-order valence-corrected chi connectivity index (χ2v) is 9.03. The van der Waals surface area contributed by atoms with Crippen LogP contribution in [0.5, 0.6) is 0 Å². The maximum absolute atomic E-state index is 14.3. The standard InChI is InChI=1S/C28H28FN3O/c1-18(22-9-6-7-11-24(22)29)16-27-30-25(17-26(31(27)3)21-12-13-21)28(33)32-15-14-20-8-4-5-10-23(20)19(32)2/h4-11,16-17,19,21H,1,12-15H2,2-3H3/b27-16-. The van der Waals surface area contributed by atoms with E-state index in [1.807, 2.05) is 35.1 Å². The Hall–Kier alpha value is -3.47. The highest BCUT2D eigenvalue weighted by molar-refractivity contribution is 6.44. The highest BCUT2D eigenvalue weighted by atomic mass is 19.1. The summed E-state index contributed by atoms with van der Waals surface area (Å²) in [6.07, 6.45) is 6.76. The Labute approximate surface area is 194 Å². The normalized spacial score (nSPS) is 21.4. The Bertz CT molecular complexity index is 1220. The average molecular weight is 442 g/mol. The van der Waals surface area contributed by atoms with Gasteiger partial charge in [0.1, 0.15) is 17.3 Å². The third-order valence-electron chi connectivity index (χ3n) is 6.84. The number of carbonyl (C=O) groups is 1. The summed E-state index contributed by atoms with van der Waals surface area (Å²) in [6.45, 7) is 6.81. The third-order valence-corrected chi connectivity index (χ3v) is 6.84. The lowest BCUT2D eigenvalue weighted by atomic mass is 9.93. The van der Waals surface area contributed by atoms with Gasteiger partial charge in [0.15, 0.2) is 0 Å². The third kappa shape index (κ3) is 4.04. The lowest BCUT2D eigenvalue weighted by Gasteiger charge is -2.36. The summed E-state index contributed by atoms with van der Waals surface area (Å²) >= 11 is 0. The number of nitrogens with zero attached hydrogens (tertiary/aromatic N) is 3. The van der Waals surface area contributed by atoms with Crippen LogP contribution >= 0.6 is 0 Å². The van der Waals surface area contributed by atoms with Gasteiger partial charge < -0.3 is 9.80 Å². The number of fused-ring (bicyclic) bond motifs is 1. The molecule has 0 radical (unpaired) electrons. The Morgan fingerprint density at radius 1 is 1.15 bits per heavy atom. The molecule has 5 heteroatoms. The second-order valence-electron chi connectivity index (χ2n) is 9.03. The minimum absolute atomic E-state index is 0.0107. The predicted molar refractivity (Wildman–Crippen MR) is 130 cm³/mol. The van der Waals surface area contributed by atoms with Crippen LogP contribution in [0.25, 0.3) is 5.57 Å². The Morgan fingerprint density at radius 2 is 1.88 bits per heavy atom. The molecule has 1 saturated carbocycles. The maximum atomic E-state index is 14.3. The van der Waals surface area contributed by atoms with Gasteiger partial charge in [-0.25, -0.2) is 9.38 Å². The summed E-state index contributed by atoms with van der Waals surface area (Å²) in [5, 5.41) is 0. The quantitative estimate of drug-likeness (QED) is 0.628. The zero-order chi connectivity index (χ0) is 23.1. The van der Waals surface area contributed by atoms with E-state index in [4.69, 9.17) is 4.99 Å². The number of halogens is 1. The summed E-state index contributed by atoms with van der Waals surface area (Å²) in [6, 6.07) is 14.9. The van der Waals surface area contributed by atoms with E-state index >= 15 is 0 Å². The van der Waals surface area contributed by atoms with Gasteiger partial charge >= 0.3 is 0 Å². The molecule has 168 valence electrons. The van der Waals surface area contributed by atoms with Crippen LogP contribution in [0.4, 0.5) is 4.39 Å². The minimum Gasteiger partial charge on any atom is -0.333 e. The van der Waals surface area contributed by atoms with Crippen molar-refractivity contribution in [1.82, 2.24) is 9.80 Å². The number of benzene rings is 2. The molecule has 1 atom stereocenters. The fraction of sp³-hybridized carbons (Fsp3) is 0.286. The molecule has 4 nitrogen and oxygen atoms in total. The van der Waals surface area contributed by atoms with Crippen molar-refractivity contribution in [2.75, 3.05) is 13.6 Å². The molecule has 1 aliphatic carbocycles. The lowest BCUT2D eigenvalue weighted by Crippen LogP contribution is -2.43. The molecule has 0 N–H and O–H groups in total. The van der Waals surface area contributed by atoms with Crippen molar-refractivity contribution in [2.45, 2.75) is 32.2 Å². The molecule has 2 aromatic carbocycles. The molecule has 5 rings (SSSR count). The van der Waals surface area contributed by atoms with Crippen LogP contribution in [0.1, 0.15) is 42.5 Å². The van der Waals surface area contributed by atoms with E-state index in [9.17, 15) is 9.18 Å². The van der Waals surface area contributed by atoms with Crippen molar-refractivity contribution in [3.05, 3.63) is 101 Å². The van der Waals surface area contributed by atoms with Crippen molar-refractivity contribution >= 4 is 17.2 Å². The van der Waals surface area contributed by atoms with E-state index in [0.29, 0.717) is 35.1 Å². The number of rotatable bonds is 4. The Balaban J connectivity index is 1.48. The summed E-state index contributed by atoms with van der Waals surface area (Å²) in [4.78, 5) is 22.3. The van der Waals surface area contributed by atoms with Gasteiger partial charge in [0.25, 0.3) is 5.91 Å². The van der Waals surface area contributed by atoms with Crippen LogP contribution in [-0.4, -0.2) is 35.0 Å². The van der Waals surface area contributed by atoms with E-state index in [1.165, 1.54) is 17.2 Å². The van der Waals surface area contributed by atoms with E-state index in [0.717, 1.165) is 25.0 Å². The van der Waals surface area contributed by atoms with Gasteiger partial charge in [-0.15, -0.1) is 0 Å². The number of amides is 1. The molecule has 0 spiro atoms. The largest absolute Gasteiger partial charge is 0.333 e. The average Bonchev–Trinajstić information content (AvgIpc) is 3.66. The van der Waals surface area contributed by atoms with Gasteiger partial charge in [0.05, 0.1) is 6.04 Å².